The second kappa shape index (κ2) is 6.87. The van der Waals surface area contributed by atoms with Gasteiger partial charge in [-0.3, -0.25) is 9.69 Å². The summed E-state index contributed by atoms with van der Waals surface area (Å²) in [6.45, 7) is 2.40. The summed E-state index contributed by atoms with van der Waals surface area (Å²) in [4.78, 5) is 13.6. The molecule has 1 N–H and O–H groups in total. The number of hydrogen-bond acceptors (Lipinski definition) is 3. The Morgan fingerprint density at radius 1 is 1.17 bits per heavy atom. The van der Waals surface area contributed by atoms with E-state index in [1.54, 1.807) is 11.9 Å². The number of halogens is 3. The third-order valence-corrected chi connectivity index (χ3v) is 3.13. The number of nitrogens with zero attached hydrogens (tertiary/aromatic N) is 1. The van der Waals surface area contributed by atoms with Crippen molar-refractivity contribution >= 4 is 11.6 Å². The maximum atomic E-state index is 12.5. The number of hydrogen-bond donors (Lipinski definition) is 1. The highest BCUT2D eigenvalue weighted by atomic mass is 19.4. The maximum absolute atomic E-state index is 12.5. The third-order valence-electron chi connectivity index (χ3n) is 3.13. The molecule has 1 amide bonds. The molecule has 0 aliphatic carbocycles. The smallest absolute Gasteiger partial charge is 0.416 e. The summed E-state index contributed by atoms with van der Waals surface area (Å²) in [5.74, 6) is 1.23. The number of furan rings is 1. The minimum atomic E-state index is -4.38. The number of aryl methyl sites for hydroxylation is 1. The Kier molecular flexibility index (Phi) is 5.10. The minimum absolute atomic E-state index is 0.0980. The van der Waals surface area contributed by atoms with E-state index in [9.17, 15) is 18.0 Å². The van der Waals surface area contributed by atoms with Gasteiger partial charge >= 0.3 is 6.18 Å². The molecule has 124 valence electrons. The number of alkyl halides is 3. The summed E-state index contributed by atoms with van der Waals surface area (Å²) in [6.07, 6.45) is -4.38. The number of carbonyl (C=O) groups is 1. The first-order valence-electron chi connectivity index (χ1n) is 6.95. The van der Waals surface area contributed by atoms with E-state index in [0.29, 0.717) is 12.2 Å². The van der Waals surface area contributed by atoms with E-state index in [1.807, 2.05) is 19.1 Å². The number of anilines is 1. The first kappa shape index (κ1) is 17.1. The Morgan fingerprint density at radius 2 is 1.83 bits per heavy atom. The van der Waals surface area contributed by atoms with Crippen LogP contribution >= 0.6 is 0 Å². The van der Waals surface area contributed by atoms with Gasteiger partial charge in [-0.05, 0) is 50.4 Å². The first-order chi connectivity index (χ1) is 10.7. The Morgan fingerprint density at radius 3 is 2.35 bits per heavy atom. The highest BCUT2D eigenvalue weighted by Crippen LogP contribution is 2.29. The molecule has 7 heteroatoms. The lowest BCUT2D eigenvalue weighted by atomic mass is 10.2. The SMILES string of the molecule is Cc1ccc(CN(C)CC(=O)Nc2ccc(C(F)(F)F)cc2)o1. The minimum Gasteiger partial charge on any atom is -0.465 e. The number of benzene rings is 1. The molecule has 0 aliphatic rings. The second-order valence-electron chi connectivity index (χ2n) is 5.31. The van der Waals surface area contributed by atoms with E-state index in [-0.39, 0.29) is 12.5 Å². The van der Waals surface area contributed by atoms with Crippen LogP contribution in [0.3, 0.4) is 0 Å². The summed E-state index contributed by atoms with van der Waals surface area (Å²) < 4.78 is 42.8. The number of amides is 1. The van der Waals surface area contributed by atoms with Gasteiger partial charge in [0.2, 0.25) is 5.91 Å². The number of likely N-dealkylation sites (N-methyl/N-ethyl adjacent to an activating group) is 1. The molecule has 1 aromatic heterocycles. The van der Waals surface area contributed by atoms with Crippen molar-refractivity contribution in [2.24, 2.45) is 0 Å². The summed E-state index contributed by atoms with van der Waals surface area (Å²) in [5.41, 5.74) is -0.425. The zero-order chi connectivity index (χ0) is 17.0. The number of carbonyl (C=O) groups excluding carboxylic acids is 1. The normalized spacial score (nSPS) is 11.7. The van der Waals surface area contributed by atoms with Crippen molar-refractivity contribution in [2.75, 3.05) is 18.9 Å². The molecule has 4 nitrogen and oxygen atoms in total. The second-order valence-corrected chi connectivity index (χ2v) is 5.31. The first-order valence-corrected chi connectivity index (χ1v) is 6.95. The Bertz CT molecular complexity index is 663. The van der Waals surface area contributed by atoms with E-state index >= 15 is 0 Å². The molecule has 0 fully saturated rings. The van der Waals surface area contributed by atoms with Crippen LogP contribution in [0.5, 0.6) is 0 Å². The molecule has 23 heavy (non-hydrogen) atoms. The van der Waals surface area contributed by atoms with Crippen LogP contribution in [0.4, 0.5) is 18.9 Å². The summed E-state index contributed by atoms with van der Waals surface area (Å²) >= 11 is 0. The molecular formula is C16H17F3N2O2. The predicted octanol–water partition coefficient (Wildman–Crippen LogP) is 3.68. The van der Waals surface area contributed by atoms with Crippen LogP contribution < -0.4 is 5.32 Å². The molecule has 0 saturated carbocycles. The van der Waals surface area contributed by atoms with Gasteiger partial charge in [-0.1, -0.05) is 0 Å². The lowest BCUT2D eigenvalue weighted by molar-refractivity contribution is -0.137. The van der Waals surface area contributed by atoms with E-state index < -0.39 is 11.7 Å². The monoisotopic (exact) mass is 326 g/mol. The van der Waals surface area contributed by atoms with Crippen LogP contribution in [-0.4, -0.2) is 24.4 Å². The van der Waals surface area contributed by atoms with Crippen LogP contribution in [-0.2, 0) is 17.5 Å². The highest BCUT2D eigenvalue weighted by Gasteiger charge is 2.29. The average molecular weight is 326 g/mol. The fourth-order valence-electron chi connectivity index (χ4n) is 2.08. The van der Waals surface area contributed by atoms with Crippen molar-refractivity contribution in [1.82, 2.24) is 4.90 Å². The van der Waals surface area contributed by atoms with Crippen molar-refractivity contribution in [3.8, 4) is 0 Å². The molecular weight excluding hydrogens is 309 g/mol. The van der Waals surface area contributed by atoms with Crippen molar-refractivity contribution in [2.45, 2.75) is 19.6 Å². The standard InChI is InChI=1S/C16H17F3N2O2/c1-11-3-8-14(23-11)9-21(2)10-15(22)20-13-6-4-12(5-7-13)16(17,18)19/h3-8H,9-10H2,1-2H3,(H,20,22). The topological polar surface area (TPSA) is 45.5 Å². The van der Waals surface area contributed by atoms with Gasteiger partial charge in [0.15, 0.2) is 0 Å². The number of rotatable bonds is 5. The van der Waals surface area contributed by atoms with Gasteiger partial charge in [0, 0.05) is 5.69 Å². The Hall–Kier alpha value is -2.28. The predicted molar refractivity (Wildman–Crippen MR) is 79.9 cm³/mol. The lowest BCUT2D eigenvalue weighted by Gasteiger charge is -2.15. The van der Waals surface area contributed by atoms with Crippen LogP contribution in [0.2, 0.25) is 0 Å². The third kappa shape index (κ3) is 5.14. The Labute approximate surface area is 131 Å². The summed E-state index contributed by atoms with van der Waals surface area (Å²) in [5, 5.41) is 2.56. The van der Waals surface area contributed by atoms with Gasteiger partial charge in [-0.15, -0.1) is 0 Å². The number of nitrogens with one attached hydrogen (secondary N) is 1. The molecule has 1 aromatic carbocycles. The molecule has 0 aliphatic heterocycles. The van der Waals surface area contributed by atoms with Crippen LogP contribution in [0, 0.1) is 6.92 Å². The van der Waals surface area contributed by atoms with Gasteiger partial charge in [-0.2, -0.15) is 13.2 Å². The van der Waals surface area contributed by atoms with Gasteiger partial charge in [-0.25, -0.2) is 0 Å². The summed E-state index contributed by atoms with van der Waals surface area (Å²) in [6, 6.07) is 8.01. The van der Waals surface area contributed by atoms with E-state index in [2.05, 4.69) is 5.32 Å². The molecule has 1 heterocycles. The average Bonchev–Trinajstić information content (AvgIpc) is 2.83. The van der Waals surface area contributed by atoms with Gasteiger partial charge in [0.05, 0.1) is 18.7 Å². The van der Waals surface area contributed by atoms with Gasteiger partial charge in [0.25, 0.3) is 0 Å². The van der Waals surface area contributed by atoms with E-state index in [4.69, 9.17) is 4.42 Å². The van der Waals surface area contributed by atoms with Crippen molar-refractivity contribution in [3.05, 3.63) is 53.5 Å². The molecule has 0 unspecified atom stereocenters. The quantitative estimate of drug-likeness (QED) is 0.912. The molecule has 0 spiro atoms. The Balaban J connectivity index is 1.86. The summed E-state index contributed by atoms with van der Waals surface area (Å²) in [7, 11) is 1.75. The van der Waals surface area contributed by atoms with Crippen molar-refractivity contribution < 1.29 is 22.4 Å². The molecule has 2 rings (SSSR count). The molecule has 0 radical (unpaired) electrons. The molecule has 0 atom stereocenters. The zero-order valence-corrected chi connectivity index (χ0v) is 12.8. The zero-order valence-electron chi connectivity index (χ0n) is 12.8. The fourth-order valence-corrected chi connectivity index (χ4v) is 2.08. The molecule has 2 aromatic rings. The molecule has 0 bridgehead atoms. The largest absolute Gasteiger partial charge is 0.465 e. The van der Waals surface area contributed by atoms with E-state index in [1.165, 1.54) is 12.1 Å². The van der Waals surface area contributed by atoms with Crippen molar-refractivity contribution in [1.29, 1.82) is 0 Å². The van der Waals surface area contributed by atoms with E-state index in [0.717, 1.165) is 23.7 Å². The maximum Gasteiger partial charge on any atom is 0.416 e. The van der Waals surface area contributed by atoms with Gasteiger partial charge in [0.1, 0.15) is 11.5 Å². The van der Waals surface area contributed by atoms with Crippen LogP contribution in [0.15, 0.2) is 40.8 Å². The van der Waals surface area contributed by atoms with Crippen LogP contribution in [0.1, 0.15) is 17.1 Å². The van der Waals surface area contributed by atoms with Crippen molar-refractivity contribution in [3.63, 3.8) is 0 Å². The lowest BCUT2D eigenvalue weighted by Crippen LogP contribution is -2.29. The molecule has 0 saturated heterocycles. The fraction of sp³-hybridized carbons (Fsp3) is 0.312. The highest BCUT2D eigenvalue weighted by molar-refractivity contribution is 5.92. The van der Waals surface area contributed by atoms with Crippen LogP contribution in [0.25, 0.3) is 0 Å². The van der Waals surface area contributed by atoms with Gasteiger partial charge < -0.3 is 9.73 Å².